The van der Waals surface area contributed by atoms with E-state index in [9.17, 15) is 4.39 Å². The molecule has 1 nitrogen and oxygen atoms in total. The maximum Gasteiger partial charge on any atom is 0.124 e. The minimum absolute atomic E-state index is 0.425. The summed E-state index contributed by atoms with van der Waals surface area (Å²) in [5.74, 6) is 0. The summed E-state index contributed by atoms with van der Waals surface area (Å²) in [7, 11) is 0. The summed E-state index contributed by atoms with van der Waals surface area (Å²) in [6, 6.07) is 7.02. The molecule has 0 spiro atoms. The van der Waals surface area contributed by atoms with E-state index in [2.05, 4.69) is 0 Å². The van der Waals surface area contributed by atoms with Gasteiger partial charge in [0.25, 0.3) is 0 Å². The van der Waals surface area contributed by atoms with E-state index in [-0.39, 0.29) is 0 Å². The highest BCUT2D eigenvalue weighted by Crippen LogP contribution is 2.45. The van der Waals surface area contributed by atoms with Gasteiger partial charge in [-0.05, 0) is 17.7 Å². The first-order valence-electron chi connectivity index (χ1n) is 3.82. The van der Waals surface area contributed by atoms with Gasteiger partial charge in [0.1, 0.15) is 6.17 Å². The van der Waals surface area contributed by atoms with Gasteiger partial charge in [-0.15, -0.1) is 0 Å². The van der Waals surface area contributed by atoms with Crippen molar-refractivity contribution in [2.75, 3.05) is 0 Å². The molecule has 2 rings (SSSR count). The van der Waals surface area contributed by atoms with Gasteiger partial charge < -0.3 is 5.73 Å². The average molecular weight is 186 g/mol. The Balaban J connectivity index is 2.31. The van der Waals surface area contributed by atoms with E-state index in [0.29, 0.717) is 11.4 Å². The molecule has 0 unspecified atom stereocenters. The fourth-order valence-corrected chi connectivity index (χ4v) is 1.42. The summed E-state index contributed by atoms with van der Waals surface area (Å²) < 4.78 is 12.8. The maximum atomic E-state index is 12.8. The molecule has 0 aliphatic heterocycles. The zero-order valence-electron chi connectivity index (χ0n) is 6.43. The molecule has 2 N–H and O–H groups in total. The van der Waals surface area contributed by atoms with Crippen LogP contribution in [0.1, 0.15) is 12.0 Å². The van der Waals surface area contributed by atoms with Crippen LogP contribution in [0, 0.1) is 0 Å². The van der Waals surface area contributed by atoms with Crippen molar-refractivity contribution >= 4 is 11.6 Å². The molecule has 1 aromatic rings. The number of nitrogens with two attached hydrogens (primary N) is 1. The number of benzene rings is 1. The molecule has 0 amide bonds. The predicted molar refractivity (Wildman–Crippen MR) is 46.8 cm³/mol. The second kappa shape index (κ2) is 2.44. The lowest BCUT2D eigenvalue weighted by atomic mass is 10.1. The van der Waals surface area contributed by atoms with Crippen LogP contribution >= 0.6 is 11.6 Å². The van der Waals surface area contributed by atoms with E-state index in [1.807, 2.05) is 0 Å². The molecule has 1 saturated carbocycles. The number of hydrogen-bond acceptors (Lipinski definition) is 1. The number of hydrogen-bond donors (Lipinski definition) is 1. The Kier molecular flexibility index (Phi) is 1.63. The lowest BCUT2D eigenvalue weighted by Gasteiger charge is -2.08. The van der Waals surface area contributed by atoms with Crippen LogP contribution in [-0.4, -0.2) is 6.17 Å². The second-order valence-corrected chi connectivity index (χ2v) is 3.66. The van der Waals surface area contributed by atoms with E-state index in [4.69, 9.17) is 17.3 Å². The third-order valence-electron chi connectivity index (χ3n) is 2.30. The minimum Gasteiger partial charge on any atom is -0.319 e. The van der Waals surface area contributed by atoms with Crippen molar-refractivity contribution in [3.63, 3.8) is 0 Å². The fraction of sp³-hybridized carbons (Fsp3) is 0.333. The second-order valence-electron chi connectivity index (χ2n) is 3.22. The van der Waals surface area contributed by atoms with Crippen molar-refractivity contribution < 1.29 is 4.39 Å². The average Bonchev–Trinajstić information content (AvgIpc) is 2.62. The van der Waals surface area contributed by atoms with E-state index in [1.54, 1.807) is 24.3 Å². The normalized spacial score (nSPS) is 33.4. The third-order valence-corrected chi connectivity index (χ3v) is 2.55. The van der Waals surface area contributed by atoms with Crippen molar-refractivity contribution in [3.8, 4) is 0 Å². The maximum absolute atomic E-state index is 12.8. The van der Waals surface area contributed by atoms with Crippen LogP contribution in [0.25, 0.3) is 0 Å². The minimum atomic E-state index is -0.890. The van der Waals surface area contributed by atoms with Crippen molar-refractivity contribution in [3.05, 3.63) is 34.9 Å². The monoisotopic (exact) mass is 185 g/mol. The molecule has 1 aliphatic rings. The molecule has 64 valence electrons. The van der Waals surface area contributed by atoms with Crippen molar-refractivity contribution in [2.45, 2.75) is 18.1 Å². The Morgan fingerprint density at radius 2 is 1.92 bits per heavy atom. The largest absolute Gasteiger partial charge is 0.319 e. The number of alkyl halides is 1. The Morgan fingerprint density at radius 1 is 1.42 bits per heavy atom. The highest BCUT2D eigenvalue weighted by Gasteiger charge is 2.53. The van der Waals surface area contributed by atoms with E-state index < -0.39 is 11.7 Å². The van der Waals surface area contributed by atoms with Crippen molar-refractivity contribution in [2.24, 2.45) is 5.73 Å². The molecule has 1 fully saturated rings. The summed E-state index contributed by atoms with van der Waals surface area (Å²) in [5.41, 5.74) is 5.84. The molecule has 3 heteroatoms. The van der Waals surface area contributed by atoms with Gasteiger partial charge in [0.2, 0.25) is 0 Å². The summed E-state index contributed by atoms with van der Waals surface area (Å²) in [5, 5.41) is 0.651. The van der Waals surface area contributed by atoms with Gasteiger partial charge in [0, 0.05) is 11.4 Å². The zero-order valence-corrected chi connectivity index (χ0v) is 7.18. The first kappa shape index (κ1) is 8.02. The third kappa shape index (κ3) is 1.11. The Bertz CT molecular complexity index is 298. The molecule has 0 bridgehead atoms. The molecule has 1 aromatic carbocycles. The standard InChI is InChI=1S/C9H9ClFN/c10-7-3-1-6(2-4-7)9(12)5-8(9)11/h1-4,8H,5,12H2/t8-,9-/m0/s1. The predicted octanol–water partition coefficient (Wildman–Crippen LogP) is 2.24. The highest BCUT2D eigenvalue weighted by atomic mass is 35.5. The summed E-state index contributed by atoms with van der Waals surface area (Å²) in [6.45, 7) is 0. The summed E-state index contributed by atoms with van der Waals surface area (Å²) in [4.78, 5) is 0. The topological polar surface area (TPSA) is 26.0 Å². The lowest BCUT2D eigenvalue weighted by Crippen LogP contribution is -2.22. The van der Waals surface area contributed by atoms with Gasteiger partial charge in [-0.3, -0.25) is 0 Å². The number of halogens is 2. The Morgan fingerprint density at radius 3 is 2.33 bits per heavy atom. The first-order valence-corrected chi connectivity index (χ1v) is 4.20. The Labute approximate surface area is 75.3 Å². The van der Waals surface area contributed by atoms with E-state index in [0.717, 1.165) is 5.56 Å². The van der Waals surface area contributed by atoms with Gasteiger partial charge in [-0.25, -0.2) is 4.39 Å². The Hall–Kier alpha value is -0.600. The highest BCUT2D eigenvalue weighted by molar-refractivity contribution is 6.30. The van der Waals surface area contributed by atoms with Crippen LogP contribution in [0.15, 0.2) is 24.3 Å². The molecule has 12 heavy (non-hydrogen) atoms. The van der Waals surface area contributed by atoms with Gasteiger partial charge in [0.05, 0.1) is 5.54 Å². The molecule has 0 saturated heterocycles. The molecule has 1 aliphatic carbocycles. The van der Waals surface area contributed by atoms with Crippen molar-refractivity contribution in [1.29, 1.82) is 0 Å². The lowest BCUT2D eigenvalue weighted by molar-refractivity contribution is 0.425. The van der Waals surface area contributed by atoms with Crippen LogP contribution in [0.4, 0.5) is 4.39 Å². The molecular weight excluding hydrogens is 177 g/mol. The molecule has 0 radical (unpaired) electrons. The van der Waals surface area contributed by atoms with Crippen LogP contribution < -0.4 is 5.73 Å². The van der Waals surface area contributed by atoms with Gasteiger partial charge in [0.15, 0.2) is 0 Å². The summed E-state index contributed by atoms with van der Waals surface area (Å²) >= 11 is 5.68. The first-order chi connectivity index (χ1) is 5.63. The van der Waals surface area contributed by atoms with Crippen molar-refractivity contribution in [1.82, 2.24) is 0 Å². The quantitative estimate of drug-likeness (QED) is 0.714. The van der Waals surface area contributed by atoms with Gasteiger partial charge in [-0.1, -0.05) is 23.7 Å². The fourth-order valence-electron chi connectivity index (χ4n) is 1.30. The van der Waals surface area contributed by atoms with E-state index in [1.165, 1.54) is 0 Å². The van der Waals surface area contributed by atoms with Gasteiger partial charge >= 0.3 is 0 Å². The van der Waals surface area contributed by atoms with Crippen LogP contribution in [-0.2, 0) is 5.54 Å². The summed E-state index contributed by atoms with van der Waals surface area (Å²) in [6.07, 6.45) is -0.465. The van der Waals surface area contributed by atoms with Gasteiger partial charge in [-0.2, -0.15) is 0 Å². The smallest absolute Gasteiger partial charge is 0.124 e. The molecule has 2 atom stereocenters. The van der Waals surface area contributed by atoms with Crippen LogP contribution in [0.5, 0.6) is 0 Å². The SMILES string of the molecule is N[C@]1(c2ccc(Cl)cc2)C[C@@H]1F. The van der Waals surface area contributed by atoms with Crippen LogP contribution in [0.3, 0.4) is 0 Å². The number of rotatable bonds is 1. The molecule has 0 heterocycles. The van der Waals surface area contributed by atoms with Crippen LogP contribution in [0.2, 0.25) is 5.02 Å². The molecule has 0 aromatic heterocycles. The zero-order chi connectivity index (χ0) is 8.77. The molecular formula is C9H9ClFN. The van der Waals surface area contributed by atoms with E-state index >= 15 is 0 Å².